The molecule has 0 aromatic heterocycles. The highest BCUT2D eigenvalue weighted by molar-refractivity contribution is 5.78. The third kappa shape index (κ3) is 9.57. The maximum atomic E-state index is 5.73. The van der Waals surface area contributed by atoms with Gasteiger partial charge in [-0.2, -0.15) is 0 Å². The van der Waals surface area contributed by atoms with E-state index in [0.29, 0.717) is 12.0 Å². The molecule has 3 nitrogen and oxygen atoms in total. The lowest BCUT2D eigenvalue weighted by Gasteiger charge is -2.14. The van der Waals surface area contributed by atoms with E-state index >= 15 is 0 Å². The molecule has 1 unspecified atom stereocenters. The highest BCUT2D eigenvalue weighted by Crippen LogP contribution is 2.07. The standard InChI is InChI=1S/C12H27N3/c1-5-9-14-12(13)15-11(4)8-6-7-10(2)3/h10-11H,5-9H2,1-4H3,(H3,13,14,15). The number of nitrogens with two attached hydrogens (primary N) is 1. The number of guanidine groups is 1. The van der Waals surface area contributed by atoms with E-state index in [0.717, 1.165) is 18.9 Å². The van der Waals surface area contributed by atoms with Crippen LogP contribution in [0.3, 0.4) is 0 Å². The molecule has 0 saturated carbocycles. The molecule has 0 spiro atoms. The zero-order chi connectivity index (χ0) is 11.7. The summed E-state index contributed by atoms with van der Waals surface area (Å²) in [5.74, 6) is 1.39. The first-order chi connectivity index (χ1) is 7.06. The van der Waals surface area contributed by atoms with Gasteiger partial charge in [-0.15, -0.1) is 0 Å². The average molecular weight is 213 g/mol. The summed E-state index contributed by atoms with van der Waals surface area (Å²) in [5.41, 5.74) is 5.73. The summed E-state index contributed by atoms with van der Waals surface area (Å²) in [4.78, 5) is 4.21. The number of aliphatic imine (C=N–C) groups is 1. The zero-order valence-corrected chi connectivity index (χ0v) is 10.7. The molecule has 3 heteroatoms. The molecular weight excluding hydrogens is 186 g/mol. The quantitative estimate of drug-likeness (QED) is 0.504. The van der Waals surface area contributed by atoms with E-state index in [1.807, 2.05) is 0 Å². The summed E-state index contributed by atoms with van der Waals surface area (Å²) >= 11 is 0. The Morgan fingerprint density at radius 2 is 1.93 bits per heavy atom. The molecule has 0 rings (SSSR count). The molecule has 1 atom stereocenters. The number of nitrogens with one attached hydrogen (secondary N) is 1. The Morgan fingerprint density at radius 3 is 2.47 bits per heavy atom. The summed E-state index contributed by atoms with van der Waals surface area (Å²) in [6.07, 6.45) is 4.76. The minimum Gasteiger partial charge on any atom is -0.370 e. The van der Waals surface area contributed by atoms with Crippen molar-refractivity contribution >= 4 is 5.96 Å². The normalized spacial score (nSPS) is 14.3. The van der Waals surface area contributed by atoms with Crippen molar-refractivity contribution in [1.29, 1.82) is 0 Å². The van der Waals surface area contributed by atoms with Crippen LogP contribution in [0.4, 0.5) is 0 Å². The van der Waals surface area contributed by atoms with Gasteiger partial charge in [0.25, 0.3) is 0 Å². The minimum atomic E-state index is 0.435. The van der Waals surface area contributed by atoms with Crippen LogP contribution < -0.4 is 11.1 Å². The Labute approximate surface area is 94.5 Å². The Hall–Kier alpha value is -0.730. The zero-order valence-electron chi connectivity index (χ0n) is 10.7. The number of rotatable bonds is 7. The largest absolute Gasteiger partial charge is 0.370 e. The lowest BCUT2D eigenvalue weighted by Crippen LogP contribution is -2.38. The van der Waals surface area contributed by atoms with Crippen LogP contribution in [0, 0.1) is 5.92 Å². The summed E-state index contributed by atoms with van der Waals surface area (Å²) in [6.45, 7) is 9.60. The van der Waals surface area contributed by atoms with Crippen molar-refractivity contribution in [2.24, 2.45) is 16.6 Å². The number of hydrogen-bond acceptors (Lipinski definition) is 1. The van der Waals surface area contributed by atoms with Gasteiger partial charge in [0.2, 0.25) is 0 Å². The van der Waals surface area contributed by atoms with E-state index in [1.54, 1.807) is 0 Å². The van der Waals surface area contributed by atoms with Crippen LogP contribution in [-0.2, 0) is 0 Å². The second-order valence-corrected chi connectivity index (χ2v) is 4.64. The van der Waals surface area contributed by atoms with E-state index in [2.05, 4.69) is 38.0 Å². The summed E-state index contributed by atoms with van der Waals surface area (Å²) in [7, 11) is 0. The van der Waals surface area contributed by atoms with Gasteiger partial charge >= 0.3 is 0 Å². The lowest BCUT2D eigenvalue weighted by molar-refractivity contribution is 0.493. The third-order valence-electron chi connectivity index (χ3n) is 2.32. The Bertz CT molecular complexity index is 176. The van der Waals surface area contributed by atoms with Crippen LogP contribution in [0.2, 0.25) is 0 Å². The number of nitrogens with zero attached hydrogens (tertiary/aromatic N) is 1. The second kappa shape index (κ2) is 8.57. The molecule has 0 aliphatic heterocycles. The van der Waals surface area contributed by atoms with Crippen LogP contribution in [0.5, 0.6) is 0 Å². The van der Waals surface area contributed by atoms with Gasteiger partial charge < -0.3 is 11.1 Å². The molecule has 0 aromatic rings. The SMILES string of the molecule is CCCN=C(N)NC(C)CCCC(C)C. The molecule has 0 saturated heterocycles. The minimum absolute atomic E-state index is 0.435. The molecular formula is C12H27N3. The molecule has 90 valence electrons. The molecule has 0 aliphatic carbocycles. The fourth-order valence-electron chi connectivity index (χ4n) is 1.43. The first-order valence-electron chi connectivity index (χ1n) is 6.12. The van der Waals surface area contributed by atoms with E-state index in [4.69, 9.17) is 5.73 Å². The molecule has 0 heterocycles. The van der Waals surface area contributed by atoms with Crippen LogP contribution in [0.15, 0.2) is 4.99 Å². The van der Waals surface area contributed by atoms with Crippen molar-refractivity contribution in [3.05, 3.63) is 0 Å². The molecule has 0 aromatic carbocycles. The average Bonchev–Trinajstić information content (AvgIpc) is 2.14. The topological polar surface area (TPSA) is 50.4 Å². The Kier molecular flexibility index (Phi) is 8.15. The molecule has 3 N–H and O–H groups in total. The number of hydrogen-bond donors (Lipinski definition) is 2. The maximum Gasteiger partial charge on any atom is 0.188 e. The van der Waals surface area contributed by atoms with Gasteiger partial charge in [-0.05, 0) is 25.7 Å². The van der Waals surface area contributed by atoms with Crippen molar-refractivity contribution in [2.45, 2.75) is 59.4 Å². The first kappa shape index (κ1) is 14.3. The predicted molar refractivity (Wildman–Crippen MR) is 68.1 cm³/mol. The highest BCUT2D eigenvalue weighted by Gasteiger charge is 2.03. The van der Waals surface area contributed by atoms with Crippen molar-refractivity contribution in [3.8, 4) is 0 Å². The fraction of sp³-hybridized carbons (Fsp3) is 0.917. The van der Waals surface area contributed by atoms with E-state index < -0.39 is 0 Å². The Morgan fingerprint density at radius 1 is 1.27 bits per heavy atom. The molecule has 0 fully saturated rings. The second-order valence-electron chi connectivity index (χ2n) is 4.64. The first-order valence-corrected chi connectivity index (χ1v) is 6.12. The lowest BCUT2D eigenvalue weighted by atomic mass is 10.0. The monoisotopic (exact) mass is 213 g/mol. The van der Waals surface area contributed by atoms with Gasteiger partial charge in [-0.1, -0.05) is 33.6 Å². The smallest absolute Gasteiger partial charge is 0.188 e. The van der Waals surface area contributed by atoms with Gasteiger partial charge in [-0.3, -0.25) is 4.99 Å². The van der Waals surface area contributed by atoms with Crippen LogP contribution in [0.25, 0.3) is 0 Å². The van der Waals surface area contributed by atoms with Crippen LogP contribution in [-0.4, -0.2) is 18.5 Å². The van der Waals surface area contributed by atoms with Gasteiger partial charge in [0, 0.05) is 12.6 Å². The molecule has 0 radical (unpaired) electrons. The molecule has 0 bridgehead atoms. The van der Waals surface area contributed by atoms with Gasteiger partial charge in [0.15, 0.2) is 5.96 Å². The van der Waals surface area contributed by atoms with Crippen LogP contribution in [0.1, 0.15) is 53.4 Å². The summed E-state index contributed by atoms with van der Waals surface area (Å²) in [5, 5.41) is 3.22. The van der Waals surface area contributed by atoms with E-state index in [1.165, 1.54) is 19.3 Å². The Balaban J connectivity index is 3.59. The summed E-state index contributed by atoms with van der Waals surface area (Å²) < 4.78 is 0. The molecule has 0 aliphatic rings. The maximum absolute atomic E-state index is 5.73. The van der Waals surface area contributed by atoms with Crippen molar-refractivity contribution in [3.63, 3.8) is 0 Å². The molecule has 0 amide bonds. The van der Waals surface area contributed by atoms with Gasteiger partial charge in [-0.25, -0.2) is 0 Å². The van der Waals surface area contributed by atoms with Gasteiger partial charge in [0.1, 0.15) is 0 Å². The van der Waals surface area contributed by atoms with E-state index in [-0.39, 0.29) is 0 Å². The third-order valence-corrected chi connectivity index (χ3v) is 2.32. The summed E-state index contributed by atoms with van der Waals surface area (Å²) in [6, 6.07) is 0.435. The van der Waals surface area contributed by atoms with E-state index in [9.17, 15) is 0 Å². The fourth-order valence-corrected chi connectivity index (χ4v) is 1.43. The van der Waals surface area contributed by atoms with Crippen LogP contribution >= 0.6 is 0 Å². The molecule has 15 heavy (non-hydrogen) atoms. The van der Waals surface area contributed by atoms with Crippen molar-refractivity contribution in [1.82, 2.24) is 5.32 Å². The predicted octanol–water partition coefficient (Wildman–Crippen LogP) is 2.52. The van der Waals surface area contributed by atoms with Gasteiger partial charge in [0.05, 0.1) is 0 Å². The van der Waals surface area contributed by atoms with Crippen molar-refractivity contribution < 1.29 is 0 Å². The highest BCUT2D eigenvalue weighted by atomic mass is 15.1. The van der Waals surface area contributed by atoms with Crippen molar-refractivity contribution in [2.75, 3.05) is 6.54 Å².